The van der Waals surface area contributed by atoms with Gasteiger partial charge in [0.2, 0.25) is 5.91 Å². The van der Waals surface area contributed by atoms with E-state index < -0.39 is 17.1 Å². The Bertz CT molecular complexity index is 1400. The number of hydrogen-bond acceptors (Lipinski definition) is 7. The third kappa shape index (κ3) is 4.96. The molecule has 2 aliphatic rings. The number of thioether (sulfide) groups is 2. The molecule has 1 aromatic heterocycles. The fourth-order valence-electron chi connectivity index (χ4n) is 3.85. The number of aliphatic imine (C=N–C) groups is 1. The lowest BCUT2D eigenvalue weighted by molar-refractivity contribution is -0.127. The molecule has 3 amide bonds. The number of nitrogens with zero attached hydrogens (tertiary/aromatic N) is 2. The highest BCUT2D eigenvalue weighted by Crippen LogP contribution is 2.36. The summed E-state index contributed by atoms with van der Waals surface area (Å²) in [6, 6.07) is 17.2. The number of imide groups is 1. The van der Waals surface area contributed by atoms with Crippen LogP contribution in [0.1, 0.15) is 22.5 Å². The number of carbonyl (C=O) groups excluding carboxylic acids is 3. The van der Waals surface area contributed by atoms with E-state index in [-0.39, 0.29) is 11.4 Å². The number of fused-ring (bicyclic) bond motifs is 1. The normalized spacial score (nSPS) is 16.1. The van der Waals surface area contributed by atoms with Crippen molar-refractivity contribution in [2.75, 3.05) is 11.9 Å². The monoisotopic (exact) mass is 503 g/mol. The molecule has 3 aromatic rings. The van der Waals surface area contributed by atoms with Crippen molar-refractivity contribution in [1.82, 2.24) is 4.90 Å². The number of anilines is 1. The molecular formula is C26H21N3O4S2. The van der Waals surface area contributed by atoms with Crippen LogP contribution in [0.3, 0.4) is 0 Å². The van der Waals surface area contributed by atoms with E-state index in [1.165, 1.54) is 23.4 Å². The molecule has 5 rings (SSSR count). The predicted octanol–water partition coefficient (Wildman–Crippen LogP) is 5.95. The highest BCUT2D eigenvalue weighted by molar-refractivity contribution is 8.18. The van der Waals surface area contributed by atoms with Gasteiger partial charge in [0.15, 0.2) is 5.09 Å². The van der Waals surface area contributed by atoms with E-state index in [1.54, 1.807) is 6.07 Å². The van der Waals surface area contributed by atoms with Gasteiger partial charge in [-0.05, 0) is 72.3 Å². The average molecular weight is 504 g/mol. The van der Waals surface area contributed by atoms with Crippen LogP contribution in [0, 0.1) is 13.8 Å². The van der Waals surface area contributed by atoms with Gasteiger partial charge in [0.1, 0.15) is 12.3 Å². The van der Waals surface area contributed by atoms with Crippen LogP contribution in [-0.2, 0) is 16.0 Å². The van der Waals surface area contributed by atoms with Gasteiger partial charge in [-0.3, -0.25) is 19.3 Å². The Hall–Kier alpha value is -3.56. The van der Waals surface area contributed by atoms with Crippen LogP contribution in [0.2, 0.25) is 0 Å². The van der Waals surface area contributed by atoms with Gasteiger partial charge in [0, 0.05) is 18.2 Å². The minimum absolute atomic E-state index is 0.214. The molecule has 176 valence electrons. The number of para-hydroxylation sites is 2. The molecule has 1 saturated heterocycles. The Labute approximate surface area is 210 Å². The molecule has 0 spiro atoms. The van der Waals surface area contributed by atoms with E-state index in [2.05, 4.69) is 16.4 Å². The molecular weight excluding hydrogens is 482 g/mol. The summed E-state index contributed by atoms with van der Waals surface area (Å²) in [7, 11) is 0. The van der Waals surface area contributed by atoms with E-state index in [4.69, 9.17) is 4.42 Å². The van der Waals surface area contributed by atoms with Gasteiger partial charge >= 0.3 is 0 Å². The molecule has 1 N–H and O–H groups in total. The summed E-state index contributed by atoms with van der Waals surface area (Å²) in [5, 5.41) is 3.90. The van der Waals surface area contributed by atoms with Gasteiger partial charge in [0.05, 0.1) is 15.6 Å². The molecule has 0 unspecified atom stereocenters. The van der Waals surface area contributed by atoms with Crippen LogP contribution in [0.15, 0.2) is 74.0 Å². The number of hydrogen-bond donors (Lipinski definition) is 1. The molecule has 0 atom stereocenters. The van der Waals surface area contributed by atoms with Crippen LogP contribution < -0.4 is 5.32 Å². The van der Waals surface area contributed by atoms with E-state index in [1.807, 2.05) is 56.3 Å². The Morgan fingerprint density at radius 1 is 1.11 bits per heavy atom. The quantitative estimate of drug-likeness (QED) is 0.433. The topological polar surface area (TPSA) is 92.0 Å². The number of amides is 3. The zero-order chi connectivity index (χ0) is 24.5. The van der Waals surface area contributed by atoms with Crippen molar-refractivity contribution < 1.29 is 18.8 Å². The molecule has 9 heteroatoms. The highest BCUT2D eigenvalue weighted by atomic mass is 32.2. The van der Waals surface area contributed by atoms with E-state index in [0.717, 1.165) is 44.9 Å². The first kappa shape index (κ1) is 23.2. The van der Waals surface area contributed by atoms with Gasteiger partial charge in [-0.25, -0.2) is 4.99 Å². The van der Waals surface area contributed by atoms with Gasteiger partial charge in [-0.15, -0.1) is 0 Å². The molecule has 7 nitrogen and oxygen atoms in total. The molecule has 0 aliphatic carbocycles. The number of rotatable bonds is 5. The van der Waals surface area contributed by atoms with E-state index >= 15 is 0 Å². The van der Waals surface area contributed by atoms with Crippen LogP contribution in [0.4, 0.5) is 16.2 Å². The molecule has 35 heavy (non-hydrogen) atoms. The summed E-state index contributed by atoms with van der Waals surface area (Å²) in [6.07, 6.45) is 2.28. The Morgan fingerprint density at radius 2 is 1.89 bits per heavy atom. The Balaban J connectivity index is 1.23. The summed E-state index contributed by atoms with van der Waals surface area (Å²) < 4.78 is 5.84. The number of benzene rings is 2. The molecule has 0 radical (unpaired) electrons. The summed E-state index contributed by atoms with van der Waals surface area (Å²) in [5.74, 6) is -0.493. The van der Waals surface area contributed by atoms with Crippen LogP contribution >= 0.6 is 23.5 Å². The lowest BCUT2D eigenvalue weighted by atomic mass is 10.1. The smallest absolute Gasteiger partial charge is 0.294 e. The maximum Gasteiger partial charge on any atom is 0.294 e. The van der Waals surface area contributed by atoms with Gasteiger partial charge in [-0.1, -0.05) is 36.4 Å². The average Bonchev–Trinajstić information content (AvgIpc) is 3.51. The first-order valence-corrected chi connectivity index (χ1v) is 12.6. The summed E-state index contributed by atoms with van der Waals surface area (Å²) >= 11 is 2.23. The molecule has 2 aliphatic heterocycles. The summed E-state index contributed by atoms with van der Waals surface area (Å²) in [6.45, 7) is 3.43. The third-order valence-corrected chi connectivity index (χ3v) is 7.39. The van der Waals surface area contributed by atoms with E-state index in [9.17, 15) is 14.4 Å². The van der Waals surface area contributed by atoms with Gasteiger partial charge in [0.25, 0.3) is 11.1 Å². The molecule has 0 saturated carbocycles. The first-order valence-electron chi connectivity index (χ1n) is 10.9. The van der Waals surface area contributed by atoms with Crippen molar-refractivity contribution in [2.45, 2.75) is 25.4 Å². The van der Waals surface area contributed by atoms with Gasteiger partial charge in [-0.2, -0.15) is 0 Å². The van der Waals surface area contributed by atoms with Crippen molar-refractivity contribution in [3.05, 3.63) is 82.0 Å². The number of furan rings is 1. The lowest BCUT2D eigenvalue weighted by Crippen LogP contribution is -2.36. The van der Waals surface area contributed by atoms with Crippen LogP contribution in [-0.4, -0.2) is 33.5 Å². The largest absolute Gasteiger partial charge is 0.450 e. The molecule has 2 aromatic carbocycles. The maximum atomic E-state index is 12.8. The number of nitrogens with one attached hydrogen (secondary N) is 1. The molecule has 0 bridgehead atoms. The van der Waals surface area contributed by atoms with Crippen LogP contribution in [0.5, 0.6) is 0 Å². The second-order valence-corrected chi connectivity index (χ2v) is 10.2. The summed E-state index contributed by atoms with van der Waals surface area (Å²) in [5.41, 5.74) is 4.65. The minimum Gasteiger partial charge on any atom is -0.450 e. The third-order valence-electron chi connectivity index (χ3n) is 5.59. The molecule has 1 fully saturated rings. The zero-order valence-electron chi connectivity index (χ0n) is 19.0. The first-order chi connectivity index (χ1) is 16.9. The van der Waals surface area contributed by atoms with Crippen molar-refractivity contribution >= 4 is 63.1 Å². The number of carbonyl (C=O) groups is 3. The lowest BCUT2D eigenvalue weighted by Gasteiger charge is -2.15. The van der Waals surface area contributed by atoms with Gasteiger partial charge < -0.3 is 9.73 Å². The van der Waals surface area contributed by atoms with Crippen molar-refractivity contribution in [2.24, 2.45) is 4.99 Å². The number of aryl methyl sites for hydroxylation is 2. The van der Waals surface area contributed by atoms with Crippen molar-refractivity contribution in [1.29, 1.82) is 0 Å². The standard InChI is InChI=1S/C26H21N3O4S2/c1-15-6-5-7-16(2)24(15)28-21(30)14-29-25(31)20(34-26(29)32)13-18-10-11-23(33-18)35-22-12-17-8-3-4-9-19(17)27-22/h3-11,13H,12,14H2,1-2H3,(H,28,30). The zero-order valence-corrected chi connectivity index (χ0v) is 20.7. The summed E-state index contributed by atoms with van der Waals surface area (Å²) in [4.78, 5) is 43.6. The van der Waals surface area contributed by atoms with E-state index in [0.29, 0.717) is 16.5 Å². The Kier molecular flexibility index (Phi) is 6.36. The Morgan fingerprint density at radius 3 is 2.66 bits per heavy atom. The highest BCUT2D eigenvalue weighted by Gasteiger charge is 2.36. The predicted molar refractivity (Wildman–Crippen MR) is 139 cm³/mol. The second-order valence-electron chi connectivity index (χ2n) is 8.15. The maximum absolute atomic E-state index is 12.8. The van der Waals surface area contributed by atoms with Crippen molar-refractivity contribution in [3.8, 4) is 0 Å². The fourth-order valence-corrected chi connectivity index (χ4v) is 5.54. The fraction of sp³-hybridized carbons (Fsp3) is 0.154. The minimum atomic E-state index is -0.516. The second kappa shape index (κ2) is 9.59. The van der Waals surface area contributed by atoms with Crippen molar-refractivity contribution in [3.63, 3.8) is 0 Å². The van der Waals surface area contributed by atoms with Crippen LogP contribution in [0.25, 0.3) is 6.08 Å². The SMILES string of the molecule is Cc1cccc(C)c1NC(=O)CN1C(=O)SC(=Cc2ccc(SC3=Nc4ccccc4C3)o2)C1=O. The molecule has 3 heterocycles.